The van der Waals surface area contributed by atoms with Gasteiger partial charge in [0.25, 0.3) is 11.1 Å². The Morgan fingerprint density at radius 3 is 2.52 bits per heavy atom. The van der Waals surface area contributed by atoms with E-state index in [0.29, 0.717) is 4.91 Å². The van der Waals surface area contributed by atoms with Crippen LogP contribution in [0.3, 0.4) is 0 Å². The van der Waals surface area contributed by atoms with Crippen molar-refractivity contribution in [3.05, 3.63) is 39.8 Å². The fourth-order valence-electron chi connectivity index (χ4n) is 4.30. The van der Waals surface area contributed by atoms with Gasteiger partial charge in [-0.2, -0.15) is 0 Å². The van der Waals surface area contributed by atoms with Crippen molar-refractivity contribution >= 4 is 46.2 Å². The molecule has 0 N–H and O–H groups in total. The van der Waals surface area contributed by atoms with Gasteiger partial charge in [-0.1, -0.05) is 6.08 Å². The van der Waals surface area contributed by atoms with Gasteiger partial charge in [-0.3, -0.25) is 14.5 Å². The number of rotatable bonds is 5. The second-order valence-electron chi connectivity index (χ2n) is 8.43. The minimum Gasteiger partial charge on any atom is -0.464 e. The van der Waals surface area contributed by atoms with Gasteiger partial charge in [0.15, 0.2) is 0 Å². The minimum absolute atomic E-state index is 0.0777. The zero-order chi connectivity index (χ0) is 23.1. The molecule has 1 fully saturated rings. The Labute approximate surface area is 188 Å². The fraction of sp³-hybridized carbons (Fsp3) is 0.458. The molecular weight excluding hydrogens is 412 g/mol. The highest BCUT2D eigenvalue weighted by molar-refractivity contribution is 8.18. The molecule has 0 unspecified atom stereocenters. The standard InChI is InChI=1S/C24H30N2O4S/c1-8-25-19-10-14(3)17(11-18(19)15(4)13-24(25,6)7)12-20-21(27)26(23(29)31-20)16(5)22(28)30-9-2/h10-13,16H,8-9H2,1-7H3/b20-12+/t16-/m0/s1. The topological polar surface area (TPSA) is 66.9 Å². The van der Waals surface area contributed by atoms with Crippen molar-refractivity contribution in [3.63, 3.8) is 0 Å². The third-order valence-electron chi connectivity index (χ3n) is 5.81. The van der Waals surface area contributed by atoms with Crippen molar-refractivity contribution in [1.82, 2.24) is 4.90 Å². The molecule has 0 radical (unpaired) electrons. The lowest BCUT2D eigenvalue weighted by Gasteiger charge is -2.43. The van der Waals surface area contributed by atoms with E-state index < -0.39 is 23.2 Å². The molecule has 31 heavy (non-hydrogen) atoms. The molecule has 1 saturated heterocycles. The van der Waals surface area contributed by atoms with Crippen molar-refractivity contribution < 1.29 is 19.1 Å². The summed E-state index contributed by atoms with van der Waals surface area (Å²) in [6.45, 7) is 14.9. The first-order valence-electron chi connectivity index (χ1n) is 10.6. The molecule has 0 spiro atoms. The van der Waals surface area contributed by atoms with Gasteiger partial charge in [-0.25, -0.2) is 4.79 Å². The number of ether oxygens (including phenoxy) is 1. The van der Waals surface area contributed by atoms with Crippen LogP contribution in [0.5, 0.6) is 0 Å². The summed E-state index contributed by atoms with van der Waals surface area (Å²) < 4.78 is 4.97. The molecule has 6 nitrogen and oxygen atoms in total. The molecule has 0 bridgehead atoms. The van der Waals surface area contributed by atoms with Gasteiger partial charge in [-0.15, -0.1) is 0 Å². The third-order valence-corrected chi connectivity index (χ3v) is 6.69. The van der Waals surface area contributed by atoms with Crippen LogP contribution < -0.4 is 4.90 Å². The normalized spacial score (nSPS) is 20.1. The van der Waals surface area contributed by atoms with Crippen molar-refractivity contribution in [2.75, 3.05) is 18.1 Å². The van der Waals surface area contributed by atoms with Crippen molar-refractivity contribution in [3.8, 4) is 0 Å². The molecule has 3 rings (SSSR count). The van der Waals surface area contributed by atoms with Gasteiger partial charge in [0, 0.05) is 17.8 Å². The van der Waals surface area contributed by atoms with Crippen LogP contribution in [0.15, 0.2) is 23.1 Å². The number of carbonyl (C=O) groups excluding carboxylic acids is 3. The Kier molecular flexibility index (Phi) is 6.37. The fourth-order valence-corrected chi connectivity index (χ4v) is 5.20. The highest BCUT2D eigenvalue weighted by atomic mass is 32.2. The Morgan fingerprint density at radius 1 is 1.23 bits per heavy atom. The number of esters is 1. The van der Waals surface area contributed by atoms with E-state index in [1.807, 2.05) is 6.92 Å². The van der Waals surface area contributed by atoms with Gasteiger partial charge in [-0.05, 0) is 95.1 Å². The zero-order valence-electron chi connectivity index (χ0n) is 19.2. The van der Waals surface area contributed by atoms with E-state index in [2.05, 4.69) is 50.8 Å². The predicted octanol–water partition coefficient (Wildman–Crippen LogP) is 5.00. The van der Waals surface area contributed by atoms with E-state index in [4.69, 9.17) is 4.74 Å². The van der Waals surface area contributed by atoms with Crippen molar-refractivity contribution in [2.24, 2.45) is 0 Å². The summed E-state index contributed by atoms with van der Waals surface area (Å²) in [5, 5.41) is -0.456. The SMILES string of the molecule is CCOC(=O)[C@H](C)N1C(=O)S/C(=C/c2cc3c(cc2C)N(CC)C(C)(C)C=C3C)C1=O. The predicted molar refractivity (Wildman–Crippen MR) is 126 cm³/mol. The van der Waals surface area contributed by atoms with E-state index in [1.165, 1.54) is 18.2 Å². The molecule has 0 aromatic heterocycles. The number of anilines is 1. The number of aryl methyl sites for hydroxylation is 1. The molecule has 7 heteroatoms. The number of carbonyl (C=O) groups is 3. The minimum atomic E-state index is -0.950. The van der Waals surface area contributed by atoms with Crippen LogP contribution in [0.1, 0.15) is 58.2 Å². The lowest BCUT2D eigenvalue weighted by atomic mass is 9.87. The summed E-state index contributed by atoms with van der Waals surface area (Å²) in [5.41, 5.74) is 5.31. The summed E-state index contributed by atoms with van der Waals surface area (Å²) in [6.07, 6.45) is 4.01. The number of benzene rings is 1. The number of hydrogen-bond acceptors (Lipinski definition) is 6. The molecule has 1 aromatic carbocycles. The first kappa shape index (κ1) is 23.1. The molecule has 2 aliphatic heterocycles. The number of imide groups is 1. The van der Waals surface area contributed by atoms with E-state index in [0.717, 1.165) is 39.9 Å². The molecule has 1 atom stereocenters. The number of nitrogens with zero attached hydrogens (tertiary/aromatic N) is 2. The van der Waals surface area contributed by atoms with Crippen molar-refractivity contribution in [2.45, 2.75) is 60.0 Å². The van der Waals surface area contributed by atoms with Gasteiger partial charge < -0.3 is 9.64 Å². The average molecular weight is 443 g/mol. The van der Waals surface area contributed by atoms with Gasteiger partial charge in [0.2, 0.25) is 0 Å². The number of hydrogen-bond donors (Lipinski definition) is 0. The zero-order valence-corrected chi connectivity index (χ0v) is 20.1. The lowest BCUT2D eigenvalue weighted by molar-refractivity contribution is -0.150. The number of allylic oxidation sites excluding steroid dienone is 1. The van der Waals surface area contributed by atoms with Crippen LogP contribution in [0.25, 0.3) is 11.6 Å². The van der Waals surface area contributed by atoms with Crippen LogP contribution in [-0.4, -0.2) is 46.7 Å². The lowest BCUT2D eigenvalue weighted by Crippen LogP contribution is -2.44. The summed E-state index contributed by atoms with van der Waals surface area (Å²) in [7, 11) is 0. The van der Waals surface area contributed by atoms with Crippen LogP contribution in [-0.2, 0) is 14.3 Å². The molecule has 1 aromatic rings. The molecular formula is C24H30N2O4S. The van der Waals surface area contributed by atoms with Crippen LogP contribution in [0.2, 0.25) is 0 Å². The van der Waals surface area contributed by atoms with Gasteiger partial charge in [0.1, 0.15) is 6.04 Å². The third kappa shape index (κ3) is 4.15. The molecule has 0 aliphatic carbocycles. The molecule has 2 heterocycles. The summed E-state index contributed by atoms with van der Waals surface area (Å²) >= 11 is 0.858. The second-order valence-corrected chi connectivity index (χ2v) is 9.42. The first-order valence-corrected chi connectivity index (χ1v) is 11.4. The van der Waals surface area contributed by atoms with E-state index in [9.17, 15) is 14.4 Å². The highest BCUT2D eigenvalue weighted by Crippen LogP contribution is 2.41. The maximum Gasteiger partial charge on any atom is 0.329 e. The average Bonchev–Trinajstić information content (AvgIpc) is 2.95. The summed E-state index contributed by atoms with van der Waals surface area (Å²) in [4.78, 5) is 41.1. The number of fused-ring (bicyclic) bond motifs is 1. The monoisotopic (exact) mass is 442 g/mol. The Bertz CT molecular complexity index is 1010. The molecule has 0 saturated carbocycles. The number of amides is 2. The van der Waals surface area contributed by atoms with Crippen LogP contribution >= 0.6 is 11.8 Å². The maximum absolute atomic E-state index is 12.9. The van der Waals surface area contributed by atoms with Gasteiger partial charge >= 0.3 is 5.97 Å². The number of likely N-dealkylation sites (N-methyl/N-ethyl adjacent to an activating group) is 1. The van der Waals surface area contributed by atoms with E-state index >= 15 is 0 Å². The molecule has 166 valence electrons. The van der Waals surface area contributed by atoms with Crippen LogP contribution in [0, 0.1) is 6.92 Å². The molecule has 2 aliphatic rings. The van der Waals surface area contributed by atoms with E-state index in [1.54, 1.807) is 13.0 Å². The Balaban J connectivity index is 1.98. The van der Waals surface area contributed by atoms with Crippen molar-refractivity contribution in [1.29, 1.82) is 0 Å². The summed E-state index contributed by atoms with van der Waals surface area (Å²) in [6, 6.07) is 3.28. The van der Waals surface area contributed by atoms with Crippen LogP contribution in [0.4, 0.5) is 10.5 Å². The second kappa shape index (κ2) is 8.54. The first-order chi connectivity index (χ1) is 14.5. The highest BCUT2D eigenvalue weighted by Gasteiger charge is 2.41. The molecule has 2 amide bonds. The van der Waals surface area contributed by atoms with Gasteiger partial charge in [0.05, 0.1) is 17.1 Å². The largest absolute Gasteiger partial charge is 0.464 e. The maximum atomic E-state index is 12.9. The summed E-state index contributed by atoms with van der Waals surface area (Å²) in [5.74, 6) is -1.05. The Hall–Kier alpha value is -2.54. The Morgan fingerprint density at radius 2 is 1.90 bits per heavy atom. The number of thioether (sulfide) groups is 1. The quantitative estimate of drug-likeness (QED) is 0.472. The smallest absolute Gasteiger partial charge is 0.329 e. The van der Waals surface area contributed by atoms with E-state index in [-0.39, 0.29) is 12.1 Å².